The molecular weight excluding hydrogens is 590 g/mol. The van der Waals surface area contributed by atoms with Crippen LogP contribution in [0.15, 0.2) is 86.2 Å². The van der Waals surface area contributed by atoms with Crippen molar-refractivity contribution < 1.29 is 14.7 Å². The van der Waals surface area contributed by atoms with Gasteiger partial charge in [0, 0.05) is 15.2 Å². The van der Waals surface area contributed by atoms with Gasteiger partial charge in [-0.1, -0.05) is 81.0 Å². The standard InChI is InChI=1S/C24H15BrClN3O3S3/c25-15-4-1-3-14(11-15)19-18(20(30)17-5-2-10-33-17)21(31)22(32)29(19)23-27-28-24(35-23)34-12-13-6-8-16(26)9-7-13/h1-11,19,31H,12H2. The summed E-state index contributed by atoms with van der Waals surface area (Å²) in [6.45, 7) is 0. The predicted molar refractivity (Wildman–Crippen MR) is 144 cm³/mol. The summed E-state index contributed by atoms with van der Waals surface area (Å²) < 4.78 is 1.45. The molecule has 35 heavy (non-hydrogen) atoms. The van der Waals surface area contributed by atoms with Crippen LogP contribution >= 0.6 is 62.0 Å². The number of aliphatic hydroxyl groups excluding tert-OH is 1. The summed E-state index contributed by atoms with van der Waals surface area (Å²) in [4.78, 5) is 28.4. The Hall–Kier alpha value is -2.50. The van der Waals surface area contributed by atoms with Gasteiger partial charge >= 0.3 is 0 Å². The lowest BCUT2D eigenvalue weighted by Crippen LogP contribution is -2.31. The van der Waals surface area contributed by atoms with Crippen LogP contribution in [0.5, 0.6) is 0 Å². The van der Waals surface area contributed by atoms with Crippen LogP contribution in [0.25, 0.3) is 0 Å². The van der Waals surface area contributed by atoms with Crippen LogP contribution in [0.1, 0.15) is 26.8 Å². The van der Waals surface area contributed by atoms with Crippen molar-refractivity contribution in [3.05, 3.63) is 103 Å². The van der Waals surface area contributed by atoms with Crippen LogP contribution in [0, 0.1) is 0 Å². The van der Waals surface area contributed by atoms with E-state index in [0.717, 1.165) is 10.0 Å². The Labute approximate surface area is 226 Å². The zero-order valence-corrected chi connectivity index (χ0v) is 22.5. The Morgan fingerprint density at radius 2 is 1.94 bits per heavy atom. The zero-order valence-electron chi connectivity index (χ0n) is 17.7. The van der Waals surface area contributed by atoms with Gasteiger partial charge in [-0.05, 0) is 46.8 Å². The molecule has 0 radical (unpaired) electrons. The molecule has 6 nitrogen and oxygen atoms in total. The number of carbonyl (C=O) groups is 2. The van der Waals surface area contributed by atoms with Crippen molar-refractivity contribution in [2.24, 2.45) is 0 Å². The maximum Gasteiger partial charge on any atom is 0.296 e. The minimum absolute atomic E-state index is 0.0288. The lowest BCUT2D eigenvalue weighted by Gasteiger charge is -2.24. The zero-order chi connectivity index (χ0) is 24.5. The first-order chi connectivity index (χ1) is 16.9. The molecule has 1 aliphatic rings. The van der Waals surface area contributed by atoms with E-state index < -0.39 is 17.7 Å². The summed E-state index contributed by atoms with van der Waals surface area (Å²) in [6, 6.07) is 17.4. The van der Waals surface area contributed by atoms with Gasteiger partial charge < -0.3 is 5.11 Å². The molecule has 1 unspecified atom stereocenters. The summed E-state index contributed by atoms with van der Waals surface area (Å²) in [7, 11) is 0. The highest BCUT2D eigenvalue weighted by Crippen LogP contribution is 2.44. The van der Waals surface area contributed by atoms with Crippen molar-refractivity contribution in [3.63, 3.8) is 0 Å². The van der Waals surface area contributed by atoms with Gasteiger partial charge in [0.1, 0.15) is 0 Å². The van der Waals surface area contributed by atoms with E-state index in [1.807, 2.05) is 48.5 Å². The van der Waals surface area contributed by atoms with Crippen LogP contribution in [0.3, 0.4) is 0 Å². The number of hydrogen-bond acceptors (Lipinski definition) is 8. The number of carbonyl (C=O) groups excluding carboxylic acids is 2. The number of aromatic nitrogens is 2. The monoisotopic (exact) mass is 603 g/mol. The quantitative estimate of drug-likeness (QED) is 0.138. The lowest BCUT2D eigenvalue weighted by molar-refractivity contribution is -0.117. The van der Waals surface area contributed by atoms with Gasteiger partial charge in [0.05, 0.1) is 16.5 Å². The highest BCUT2D eigenvalue weighted by Gasteiger charge is 2.46. The number of thioether (sulfide) groups is 1. The van der Waals surface area contributed by atoms with Crippen LogP contribution in [0.4, 0.5) is 5.13 Å². The number of thiophene rings is 1. The Bertz CT molecular complexity index is 1440. The average Bonchev–Trinajstić information content (AvgIpc) is 3.59. The summed E-state index contributed by atoms with van der Waals surface area (Å²) in [5.41, 5.74) is 1.77. The minimum Gasteiger partial charge on any atom is -0.503 e. The van der Waals surface area contributed by atoms with E-state index in [1.165, 1.54) is 39.3 Å². The number of rotatable bonds is 7. The van der Waals surface area contributed by atoms with Gasteiger partial charge in [0.15, 0.2) is 10.1 Å². The number of nitrogens with zero attached hydrogens (tertiary/aromatic N) is 3. The van der Waals surface area contributed by atoms with Crippen molar-refractivity contribution in [1.29, 1.82) is 0 Å². The number of ketones is 1. The Morgan fingerprint density at radius 3 is 2.66 bits per heavy atom. The number of hydrogen-bond donors (Lipinski definition) is 1. The first kappa shape index (κ1) is 24.2. The van der Waals surface area contributed by atoms with E-state index in [4.69, 9.17) is 11.6 Å². The maximum absolute atomic E-state index is 13.4. The topological polar surface area (TPSA) is 83.4 Å². The van der Waals surface area contributed by atoms with Gasteiger partial charge in [0.2, 0.25) is 10.9 Å². The van der Waals surface area contributed by atoms with E-state index in [2.05, 4.69) is 26.1 Å². The first-order valence-corrected chi connectivity index (χ1v) is 14.1. The second-order valence-corrected chi connectivity index (χ2v) is 11.9. The molecule has 0 spiro atoms. The molecular formula is C24H15BrClN3O3S3. The highest BCUT2D eigenvalue weighted by molar-refractivity contribution is 9.10. The van der Waals surface area contributed by atoms with E-state index in [-0.39, 0.29) is 11.4 Å². The van der Waals surface area contributed by atoms with E-state index >= 15 is 0 Å². The third-order valence-corrected chi connectivity index (χ3v) is 8.98. The maximum atomic E-state index is 13.4. The van der Waals surface area contributed by atoms with Crippen molar-refractivity contribution >= 4 is 78.8 Å². The largest absolute Gasteiger partial charge is 0.503 e. The molecule has 1 aliphatic heterocycles. The Kier molecular flexibility index (Phi) is 7.08. The van der Waals surface area contributed by atoms with E-state index in [9.17, 15) is 14.7 Å². The smallest absolute Gasteiger partial charge is 0.296 e. The second kappa shape index (κ2) is 10.2. The summed E-state index contributed by atoms with van der Waals surface area (Å²) in [5.74, 6) is -0.986. The van der Waals surface area contributed by atoms with Crippen LogP contribution in [-0.2, 0) is 10.5 Å². The fraction of sp³-hybridized carbons (Fsp3) is 0.0833. The normalized spacial score (nSPS) is 15.8. The fourth-order valence-corrected chi connectivity index (χ4v) is 6.70. The third-order valence-electron chi connectivity index (χ3n) is 5.24. The number of anilines is 1. The molecule has 0 saturated carbocycles. The summed E-state index contributed by atoms with van der Waals surface area (Å²) >= 11 is 13.4. The SMILES string of the molecule is O=C(C1=C(O)C(=O)N(c2nnc(SCc3ccc(Cl)cc3)s2)C1c1cccc(Br)c1)c1cccs1. The fourth-order valence-electron chi connectivity index (χ4n) is 3.65. The summed E-state index contributed by atoms with van der Waals surface area (Å²) in [5, 5.41) is 22.1. The van der Waals surface area contributed by atoms with Crippen molar-refractivity contribution in [2.45, 2.75) is 16.1 Å². The highest BCUT2D eigenvalue weighted by atomic mass is 79.9. The average molecular weight is 605 g/mol. The number of amides is 1. The molecule has 0 fully saturated rings. The van der Waals surface area contributed by atoms with Gasteiger partial charge in [-0.25, -0.2) is 0 Å². The molecule has 2 aromatic heterocycles. The van der Waals surface area contributed by atoms with Gasteiger partial charge in [-0.3, -0.25) is 14.5 Å². The van der Waals surface area contributed by atoms with Gasteiger partial charge in [-0.15, -0.1) is 21.5 Å². The Morgan fingerprint density at radius 1 is 1.14 bits per heavy atom. The summed E-state index contributed by atoms with van der Waals surface area (Å²) in [6.07, 6.45) is 0. The van der Waals surface area contributed by atoms with Crippen molar-refractivity contribution in [1.82, 2.24) is 10.2 Å². The van der Waals surface area contributed by atoms with Crippen molar-refractivity contribution in [2.75, 3.05) is 4.90 Å². The van der Waals surface area contributed by atoms with E-state index in [0.29, 0.717) is 30.7 Å². The molecule has 1 N–H and O–H groups in total. The van der Waals surface area contributed by atoms with Crippen LogP contribution in [-0.4, -0.2) is 27.0 Å². The first-order valence-electron chi connectivity index (χ1n) is 10.2. The molecule has 1 amide bonds. The molecule has 176 valence electrons. The minimum atomic E-state index is -0.836. The molecule has 5 rings (SSSR count). The van der Waals surface area contributed by atoms with Crippen LogP contribution < -0.4 is 4.90 Å². The van der Waals surface area contributed by atoms with Gasteiger partial charge in [-0.2, -0.15) is 0 Å². The third kappa shape index (κ3) is 4.94. The predicted octanol–water partition coefficient (Wildman–Crippen LogP) is 7.09. The van der Waals surface area contributed by atoms with Crippen molar-refractivity contribution in [3.8, 4) is 0 Å². The molecule has 2 aromatic carbocycles. The van der Waals surface area contributed by atoms with Crippen LogP contribution in [0.2, 0.25) is 5.02 Å². The van der Waals surface area contributed by atoms with E-state index in [1.54, 1.807) is 17.5 Å². The Balaban J connectivity index is 1.48. The number of halogens is 2. The molecule has 11 heteroatoms. The number of aliphatic hydroxyl groups is 1. The number of benzene rings is 2. The molecule has 0 aliphatic carbocycles. The molecule has 3 heterocycles. The number of Topliss-reactive ketones (excluding diaryl/α,β-unsaturated/α-hetero) is 1. The molecule has 0 bridgehead atoms. The lowest BCUT2D eigenvalue weighted by atomic mass is 9.96. The molecule has 0 saturated heterocycles. The second-order valence-electron chi connectivity index (χ2n) is 7.47. The van der Waals surface area contributed by atoms with Gasteiger partial charge in [0.25, 0.3) is 5.91 Å². The molecule has 1 atom stereocenters. The molecule has 4 aromatic rings.